The van der Waals surface area contributed by atoms with E-state index >= 15 is 0 Å². The molecule has 5 aliphatic rings. The number of morpholine rings is 1. The summed E-state index contributed by atoms with van der Waals surface area (Å²) in [6, 6.07) is 0.112. The summed E-state index contributed by atoms with van der Waals surface area (Å²) in [6.07, 6.45) is 9.89. The molecule has 176 valence electrons. The molecular weight excluding hydrogens is 411 g/mol. The van der Waals surface area contributed by atoms with Crippen LogP contribution < -0.4 is 10.2 Å². The maximum atomic E-state index is 13.5. The fourth-order valence-electron chi connectivity index (χ4n) is 6.48. The van der Waals surface area contributed by atoms with Gasteiger partial charge in [0, 0.05) is 30.7 Å². The SMILES string of the molecule is CC(C)(C=Cn1ncc(C(=O)NC2C3CC4CC2CC(O)(C4)C3)c1N1CCOCC1)CF. The largest absolute Gasteiger partial charge is 0.390 e. The third-order valence-corrected chi connectivity index (χ3v) is 7.87. The van der Waals surface area contributed by atoms with Crippen molar-refractivity contribution < 1.29 is 19.0 Å². The van der Waals surface area contributed by atoms with Gasteiger partial charge in [-0.2, -0.15) is 5.10 Å². The Morgan fingerprint density at radius 1 is 1.31 bits per heavy atom. The molecule has 1 saturated heterocycles. The lowest BCUT2D eigenvalue weighted by molar-refractivity contribution is -0.136. The molecule has 1 aliphatic heterocycles. The predicted molar refractivity (Wildman–Crippen MR) is 120 cm³/mol. The molecule has 4 aliphatic carbocycles. The van der Waals surface area contributed by atoms with Gasteiger partial charge in [-0.15, -0.1) is 0 Å². The van der Waals surface area contributed by atoms with Crippen LogP contribution in [-0.2, 0) is 4.74 Å². The highest BCUT2D eigenvalue weighted by atomic mass is 19.1. The number of nitrogens with zero attached hydrogens (tertiary/aromatic N) is 3. The highest BCUT2D eigenvalue weighted by Gasteiger charge is 2.55. The number of anilines is 1. The zero-order chi connectivity index (χ0) is 22.5. The highest BCUT2D eigenvalue weighted by molar-refractivity contribution is 5.99. The number of nitrogens with one attached hydrogen (secondary N) is 1. The molecule has 2 N–H and O–H groups in total. The van der Waals surface area contributed by atoms with Gasteiger partial charge in [0.05, 0.1) is 31.7 Å². The van der Waals surface area contributed by atoms with E-state index in [0.29, 0.717) is 49.6 Å². The zero-order valence-corrected chi connectivity index (χ0v) is 19.1. The molecule has 4 bridgehead atoms. The number of ether oxygens (including phenoxy) is 1. The van der Waals surface area contributed by atoms with Crippen LogP contribution in [0.1, 0.15) is 56.3 Å². The smallest absolute Gasteiger partial charge is 0.256 e. The van der Waals surface area contributed by atoms with E-state index in [0.717, 1.165) is 37.9 Å². The summed E-state index contributed by atoms with van der Waals surface area (Å²) >= 11 is 0. The van der Waals surface area contributed by atoms with Gasteiger partial charge in [0.25, 0.3) is 5.91 Å². The topological polar surface area (TPSA) is 79.6 Å². The molecule has 0 aromatic carbocycles. The van der Waals surface area contributed by atoms with Crippen LogP contribution in [-0.4, -0.2) is 65.4 Å². The Hall–Kier alpha value is -1.93. The fraction of sp³-hybridized carbons (Fsp3) is 0.750. The molecule has 4 saturated carbocycles. The van der Waals surface area contributed by atoms with Gasteiger partial charge in [-0.1, -0.05) is 19.9 Å². The number of allylic oxidation sites excluding steroid dienone is 1. The van der Waals surface area contributed by atoms with E-state index in [4.69, 9.17) is 4.74 Å². The third-order valence-electron chi connectivity index (χ3n) is 7.87. The van der Waals surface area contributed by atoms with E-state index in [2.05, 4.69) is 15.3 Å². The van der Waals surface area contributed by atoms with Crippen LogP contribution in [0.2, 0.25) is 0 Å². The number of carbonyl (C=O) groups excluding carboxylic acids is 1. The van der Waals surface area contributed by atoms with Crippen molar-refractivity contribution in [3.05, 3.63) is 17.8 Å². The van der Waals surface area contributed by atoms with Crippen molar-refractivity contribution in [2.75, 3.05) is 37.9 Å². The molecule has 7 nitrogen and oxygen atoms in total. The lowest BCUT2D eigenvalue weighted by Gasteiger charge is -2.58. The number of aromatic nitrogens is 2. The van der Waals surface area contributed by atoms with Crippen LogP contribution in [0.25, 0.3) is 6.20 Å². The molecule has 1 aromatic rings. The van der Waals surface area contributed by atoms with Gasteiger partial charge in [-0.3, -0.25) is 9.18 Å². The number of hydrogen-bond acceptors (Lipinski definition) is 5. The van der Waals surface area contributed by atoms with E-state index in [9.17, 15) is 14.3 Å². The second-order valence-corrected chi connectivity index (χ2v) is 11.1. The average molecular weight is 447 g/mol. The number of hydrogen-bond donors (Lipinski definition) is 2. The molecule has 1 amide bonds. The van der Waals surface area contributed by atoms with E-state index in [1.165, 1.54) is 0 Å². The van der Waals surface area contributed by atoms with Gasteiger partial charge in [-0.25, -0.2) is 4.68 Å². The Kier molecular flexibility index (Phi) is 5.56. The third kappa shape index (κ3) is 4.07. The Morgan fingerprint density at radius 2 is 2.00 bits per heavy atom. The van der Waals surface area contributed by atoms with Gasteiger partial charge in [0.15, 0.2) is 0 Å². The lowest BCUT2D eigenvalue weighted by Crippen LogP contribution is -2.61. The van der Waals surface area contributed by atoms with Crippen molar-refractivity contribution in [3.63, 3.8) is 0 Å². The van der Waals surface area contributed by atoms with Gasteiger partial charge < -0.3 is 20.1 Å². The van der Waals surface area contributed by atoms with Crippen molar-refractivity contribution in [3.8, 4) is 0 Å². The summed E-state index contributed by atoms with van der Waals surface area (Å²) in [4.78, 5) is 15.6. The van der Waals surface area contributed by atoms with Crippen molar-refractivity contribution in [2.45, 2.75) is 57.6 Å². The molecular formula is C24H35FN4O3. The number of alkyl halides is 1. The van der Waals surface area contributed by atoms with Crippen LogP contribution in [0, 0.1) is 23.2 Å². The summed E-state index contributed by atoms with van der Waals surface area (Å²) in [7, 11) is 0. The first-order valence-corrected chi connectivity index (χ1v) is 12.0. The summed E-state index contributed by atoms with van der Waals surface area (Å²) in [6.45, 7) is 5.73. The minimum Gasteiger partial charge on any atom is -0.390 e. The normalized spacial score (nSPS) is 34.4. The summed E-state index contributed by atoms with van der Waals surface area (Å²) < 4.78 is 20.5. The molecule has 32 heavy (non-hydrogen) atoms. The molecule has 1 aromatic heterocycles. The average Bonchev–Trinajstić information content (AvgIpc) is 3.18. The molecule has 0 radical (unpaired) electrons. The first kappa shape index (κ1) is 21.9. The van der Waals surface area contributed by atoms with Crippen molar-refractivity contribution in [2.24, 2.45) is 23.2 Å². The number of rotatable bonds is 6. The maximum Gasteiger partial charge on any atom is 0.256 e. The summed E-state index contributed by atoms with van der Waals surface area (Å²) in [5.74, 6) is 1.92. The first-order chi connectivity index (χ1) is 15.3. The van der Waals surface area contributed by atoms with Crippen LogP contribution in [0.4, 0.5) is 10.2 Å². The molecule has 6 rings (SSSR count). The Morgan fingerprint density at radius 3 is 2.62 bits per heavy atom. The Bertz CT molecular complexity index is 876. The van der Waals surface area contributed by atoms with Crippen molar-refractivity contribution >= 4 is 17.9 Å². The minimum atomic E-state index is -0.600. The van der Waals surface area contributed by atoms with Crippen LogP contribution >= 0.6 is 0 Å². The fourth-order valence-corrected chi connectivity index (χ4v) is 6.48. The monoisotopic (exact) mass is 446 g/mol. The number of halogens is 1. The van der Waals surface area contributed by atoms with Crippen molar-refractivity contribution in [1.29, 1.82) is 0 Å². The van der Waals surface area contributed by atoms with E-state index in [1.807, 2.05) is 13.8 Å². The van der Waals surface area contributed by atoms with E-state index in [1.54, 1.807) is 23.2 Å². The molecule has 0 spiro atoms. The van der Waals surface area contributed by atoms with Crippen LogP contribution in [0.3, 0.4) is 0 Å². The predicted octanol–water partition coefficient (Wildman–Crippen LogP) is 2.86. The Balaban J connectivity index is 1.39. The second-order valence-electron chi connectivity index (χ2n) is 11.1. The number of carbonyl (C=O) groups is 1. The molecule has 2 heterocycles. The zero-order valence-electron chi connectivity index (χ0n) is 19.1. The van der Waals surface area contributed by atoms with Gasteiger partial charge in [0.2, 0.25) is 0 Å². The van der Waals surface area contributed by atoms with Crippen molar-refractivity contribution in [1.82, 2.24) is 15.1 Å². The minimum absolute atomic E-state index is 0.111. The van der Waals surface area contributed by atoms with Gasteiger partial charge in [0.1, 0.15) is 11.4 Å². The quantitative estimate of drug-likeness (QED) is 0.703. The van der Waals surface area contributed by atoms with E-state index < -0.39 is 17.7 Å². The number of amides is 1. The summed E-state index contributed by atoms with van der Waals surface area (Å²) in [5, 5.41) is 18.7. The summed E-state index contributed by atoms with van der Waals surface area (Å²) in [5.41, 5.74) is -0.575. The molecule has 2 atom stereocenters. The highest BCUT2D eigenvalue weighted by Crippen LogP contribution is 2.55. The Labute approximate surface area is 189 Å². The van der Waals surface area contributed by atoms with Crippen LogP contribution in [0.15, 0.2) is 12.3 Å². The molecule has 5 fully saturated rings. The lowest BCUT2D eigenvalue weighted by atomic mass is 9.52. The maximum absolute atomic E-state index is 13.5. The molecule has 8 heteroatoms. The second kappa shape index (κ2) is 8.13. The first-order valence-electron chi connectivity index (χ1n) is 12.0. The molecule has 2 unspecified atom stereocenters. The van der Waals surface area contributed by atoms with E-state index in [-0.39, 0.29) is 11.9 Å². The van der Waals surface area contributed by atoms with Gasteiger partial charge >= 0.3 is 0 Å². The van der Waals surface area contributed by atoms with Crippen LogP contribution in [0.5, 0.6) is 0 Å². The standard InChI is InChI=1S/C24H35FN4O3/c1-23(2,15-25)3-4-29-22(28-5-7-32-8-6-28)19(14-26-29)21(30)27-20-17-9-16-10-18(20)13-24(31,11-16)12-17/h3-4,14,16-18,20,31H,5-13,15H2,1-2H3,(H,27,30). The van der Waals surface area contributed by atoms with Gasteiger partial charge in [-0.05, 0) is 49.9 Å². The number of aliphatic hydroxyl groups is 1.